The zero-order valence-electron chi connectivity index (χ0n) is 12.3. The van der Waals surface area contributed by atoms with Crippen LogP contribution in [0.15, 0.2) is 35.4 Å². The van der Waals surface area contributed by atoms with E-state index in [2.05, 4.69) is 5.10 Å². The van der Waals surface area contributed by atoms with Gasteiger partial charge in [-0.05, 0) is 31.9 Å². The molecule has 0 unspecified atom stereocenters. The highest BCUT2D eigenvalue weighted by Gasteiger charge is 2.53. The molecule has 5 nitrogen and oxygen atoms in total. The number of hydrogen-bond donors (Lipinski definition) is 0. The van der Waals surface area contributed by atoms with Gasteiger partial charge < -0.3 is 4.74 Å². The molecule has 2 aliphatic rings. The smallest absolute Gasteiger partial charge is 0.261 e. The number of rotatable bonds is 3. The lowest BCUT2D eigenvalue weighted by Gasteiger charge is -2.35. The third-order valence-electron chi connectivity index (χ3n) is 4.24. The molecule has 1 heterocycles. The summed E-state index contributed by atoms with van der Waals surface area (Å²) in [5.74, 6) is -0.481. The number of hydrazone groups is 1. The summed E-state index contributed by atoms with van der Waals surface area (Å²) in [5.41, 5.74) is -0.325. The molecule has 2 atom stereocenters. The summed E-state index contributed by atoms with van der Waals surface area (Å²) in [6, 6.07) is 9.33. The van der Waals surface area contributed by atoms with Crippen molar-refractivity contribution in [1.82, 2.24) is 5.01 Å². The van der Waals surface area contributed by atoms with Crippen molar-refractivity contribution >= 4 is 29.2 Å². The Kier molecular flexibility index (Phi) is 3.91. The number of benzene rings is 1. The van der Waals surface area contributed by atoms with Gasteiger partial charge in [0.1, 0.15) is 11.7 Å². The van der Waals surface area contributed by atoms with Crippen molar-refractivity contribution in [3.05, 3.63) is 35.9 Å². The number of alkyl halides is 1. The van der Waals surface area contributed by atoms with Crippen molar-refractivity contribution < 1.29 is 14.3 Å². The fourth-order valence-corrected chi connectivity index (χ4v) is 3.22. The minimum Gasteiger partial charge on any atom is -0.447 e. The van der Waals surface area contributed by atoms with Crippen LogP contribution in [-0.2, 0) is 14.3 Å². The maximum Gasteiger partial charge on any atom is 0.261 e. The molecule has 0 saturated heterocycles. The second kappa shape index (κ2) is 5.72. The number of ether oxygens (including phenoxy) is 1. The molecular formula is C16H17ClN2O3. The van der Waals surface area contributed by atoms with Gasteiger partial charge in [0.05, 0.1) is 5.92 Å². The summed E-state index contributed by atoms with van der Waals surface area (Å²) in [6.07, 6.45) is 2.03. The molecule has 0 bridgehead atoms. The molecule has 1 amide bonds. The van der Waals surface area contributed by atoms with E-state index in [4.69, 9.17) is 16.3 Å². The molecular weight excluding hydrogens is 304 g/mol. The summed E-state index contributed by atoms with van der Waals surface area (Å²) in [7, 11) is 0. The number of carbonyl (C=O) groups excluding carboxylic acids is 2. The molecule has 0 aromatic heterocycles. The van der Waals surface area contributed by atoms with Gasteiger partial charge in [-0.2, -0.15) is 5.01 Å². The fraction of sp³-hybridized carbons (Fsp3) is 0.438. The van der Waals surface area contributed by atoms with Crippen LogP contribution in [0.2, 0.25) is 0 Å². The molecule has 116 valence electrons. The maximum atomic E-state index is 12.2. The van der Waals surface area contributed by atoms with E-state index in [-0.39, 0.29) is 23.5 Å². The number of hydrogen-bond acceptors (Lipinski definition) is 4. The Bertz CT molecular complexity index is 632. The lowest BCUT2D eigenvalue weighted by molar-refractivity contribution is -0.156. The van der Waals surface area contributed by atoms with Crippen molar-refractivity contribution in [2.75, 3.05) is 5.88 Å². The first-order valence-electron chi connectivity index (χ1n) is 7.31. The van der Waals surface area contributed by atoms with Crippen LogP contribution < -0.4 is 0 Å². The summed E-state index contributed by atoms with van der Waals surface area (Å²) >= 11 is 5.70. The van der Waals surface area contributed by atoms with E-state index in [0.717, 1.165) is 12.0 Å². The van der Waals surface area contributed by atoms with E-state index in [0.29, 0.717) is 18.7 Å². The Hall–Kier alpha value is -1.88. The summed E-state index contributed by atoms with van der Waals surface area (Å²) < 4.78 is 6.00. The summed E-state index contributed by atoms with van der Waals surface area (Å²) in [5, 5.41) is 5.55. The Morgan fingerprint density at radius 2 is 2.18 bits per heavy atom. The second-order valence-corrected chi connectivity index (χ2v) is 5.95. The molecule has 1 aromatic carbocycles. The van der Waals surface area contributed by atoms with Gasteiger partial charge in [-0.15, -0.1) is 16.7 Å². The maximum absolute atomic E-state index is 12.2. The predicted octanol–water partition coefficient (Wildman–Crippen LogP) is 2.53. The van der Waals surface area contributed by atoms with E-state index >= 15 is 0 Å². The molecule has 0 N–H and O–H groups in total. The van der Waals surface area contributed by atoms with Crippen molar-refractivity contribution in [2.24, 2.45) is 11.0 Å². The van der Waals surface area contributed by atoms with Gasteiger partial charge in [0, 0.05) is 12.0 Å². The standard InChI is InChI=1S/C16H17ClN2O3/c1-16(12-8-5-9-13(12)20)19(14(21)10-17)18-15(22-16)11-6-3-2-4-7-11/h2-4,6-7,12H,5,8-10H2,1H3/t12-,16+/m1/s1. The number of nitrogens with zero attached hydrogens (tertiary/aromatic N) is 2. The normalized spacial score (nSPS) is 27.7. The van der Waals surface area contributed by atoms with Crippen LogP contribution in [0.25, 0.3) is 0 Å². The van der Waals surface area contributed by atoms with Crippen molar-refractivity contribution in [3.63, 3.8) is 0 Å². The van der Waals surface area contributed by atoms with Crippen LogP contribution in [0, 0.1) is 5.92 Å². The Morgan fingerprint density at radius 1 is 1.45 bits per heavy atom. The first kappa shape index (κ1) is 15.0. The lowest BCUT2D eigenvalue weighted by Crippen LogP contribution is -2.52. The van der Waals surface area contributed by atoms with Gasteiger partial charge in [0.15, 0.2) is 0 Å². The minimum atomic E-state index is -1.09. The van der Waals surface area contributed by atoms with Crippen LogP contribution in [0.1, 0.15) is 31.7 Å². The van der Waals surface area contributed by atoms with Crippen molar-refractivity contribution in [3.8, 4) is 0 Å². The van der Waals surface area contributed by atoms with Crippen LogP contribution in [0.4, 0.5) is 0 Å². The predicted molar refractivity (Wildman–Crippen MR) is 82.4 cm³/mol. The number of amides is 1. The minimum absolute atomic E-state index is 0.111. The van der Waals surface area contributed by atoms with Crippen molar-refractivity contribution in [2.45, 2.75) is 31.9 Å². The fourth-order valence-electron chi connectivity index (χ4n) is 3.11. The lowest BCUT2D eigenvalue weighted by atomic mass is 9.94. The van der Waals surface area contributed by atoms with E-state index in [1.165, 1.54) is 5.01 Å². The number of halogens is 1. The zero-order chi connectivity index (χ0) is 15.7. The van der Waals surface area contributed by atoms with Gasteiger partial charge in [-0.25, -0.2) is 0 Å². The van der Waals surface area contributed by atoms with Crippen LogP contribution in [0.5, 0.6) is 0 Å². The van der Waals surface area contributed by atoms with Crippen LogP contribution in [0.3, 0.4) is 0 Å². The topological polar surface area (TPSA) is 59.0 Å². The van der Waals surface area contributed by atoms with Crippen LogP contribution in [-0.4, -0.2) is 34.2 Å². The van der Waals surface area contributed by atoms with Gasteiger partial charge in [0.25, 0.3) is 5.91 Å². The molecule has 3 rings (SSSR count). The summed E-state index contributed by atoms with van der Waals surface area (Å²) in [6.45, 7) is 1.74. The highest BCUT2D eigenvalue weighted by molar-refractivity contribution is 6.27. The van der Waals surface area contributed by atoms with Gasteiger partial charge >= 0.3 is 0 Å². The van der Waals surface area contributed by atoms with Crippen molar-refractivity contribution in [1.29, 1.82) is 0 Å². The molecule has 1 saturated carbocycles. The van der Waals surface area contributed by atoms with E-state index < -0.39 is 5.72 Å². The zero-order valence-corrected chi connectivity index (χ0v) is 13.0. The molecule has 0 radical (unpaired) electrons. The third-order valence-corrected chi connectivity index (χ3v) is 4.47. The van der Waals surface area contributed by atoms with E-state index in [9.17, 15) is 9.59 Å². The second-order valence-electron chi connectivity index (χ2n) is 5.68. The van der Waals surface area contributed by atoms with Gasteiger partial charge in [-0.1, -0.05) is 18.2 Å². The molecule has 1 aliphatic heterocycles. The molecule has 1 fully saturated rings. The average molecular weight is 321 g/mol. The van der Waals surface area contributed by atoms with Gasteiger partial charge in [0.2, 0.25) is 11.6 Å². The third kappa shape index (κ3) is 2.39. The molecule has 0 spiro atoms. The molecule has 1 aromatic rings. The Labute approximate surface area is 133 Å². The first-order chi connectivity index (χ1) is 10.6. The first-order valence-corrected chi connectivity index (χ1v) is 7.84. The van der Waals surface area contributed by atoms with Crippen LogP contribution >= 0.6 is 11.6 Å². The largest absolute Gasteiger partial charge is 0.447 e. The van der Waals surface area contributed by atoms with E-state index in [1.54, 1.807) is 6.92 Å². The molecule has 22 heavy (non-hydrogen) atoms. The molecule has 6 heteroatoms. The SMILES string of the molecule is C[C@@]1([C@@H]2CCCC2=O)OC(c2ccccc2)=NN1C(=O)CCl. The highest BCUT2D eigenvalue weighted by Crippen LogP contribution is 2.40. The highest BCUT2D eigenvalue weighted by atomic mass is 35.5. The average Bonchev–Trinajstić information content (AvgIpc) is 3.12. The van der Waals surface area contributed by atoms with E-state index in [1.807, 2.05) is 30.3 Å². The quantitative estimate of drug-likeness (QED) is 0.804. The number of ketones is 1. The number of Topliss-reactive ketones (excluding diaryl/α,β-unsaturated/α-hetero) is 1. The monoisotopic (exact) mass is 320 g/mol. The Morgan fingerprint density at radius 3 is 2.77 bits per heavy atom. The molecule has 1 aliphatic carbocycles. The number of carbonyl (C=O) groups is 2. The Balaban J connectivity index is 1.97. The van der Waals surface area contributed by atoms with Gasteiger partial charge in [-0.3, -0.25) is 9.59 Å². The summed E-state index contributed by atoms with van der Waals surface area (Å²) in [4.78, 5) is 24.3.